The Balaban J connectivity index is 1.58. The van der Waals surface area contributed by atoms with Gasteiger partial charge in [-0.3, -0.25) is 9.59 Å². The summed E-state index contributed by atoms with van der Waals surface area (Å²) in [4.78, 5) is 24.1. The molecule has 2 aromatic rings. The van der Waals surface area contributed by atoms with E-state index in [4.69, 9.17) is 0 Å². The summed E-state index contributed by atoms with van der Waals surface area (Å²) in [6.07, 6.45) is 0.683. The second kappa shape index (κ2) is 6.67. The molecule has 0 fully saturated rings. The van der Waals surface area contributed by atoms with E-state index in [9.17, 15) is 14.0 Å². The van der Waals surface area contributed by atoms with E-state index >= 15 is 0 Å². The van der Waals surface area contributed by atoms with Crippen LogP contribution in [0.3, 0.4) is 0 Å². The number of carbonyl (C=O) groups is 2. The fourth-order valence-electron chi connectivity index (χ4n) is 3.01. The second-order valence-corrected chi connectivity index (χ2v) is 6.83. The summed E-state index contributed by atoms with van der Waals surface area (Å²) in [5.41, 5.74) is 2.57. The molecule has 0 bridgehead atoms. The van der Waals surface area contributed by atoms with Crippen molar-refractivity contribution in [2.24, 2.45) is 0 Å². The first-order valence-electron chi connectivity index (χ1n) is 8.33. The Bertz CT molecular complexity index is 830. The van der Waals surface area contributed by atoms with Crippen LogP contribution in [0.4, 0.5) is 10.1 Å². The number of fused-ring (bicyclic) bond motifs is 1. The highest BCUT2D eigenvalue weighted by atomic mass is 19.1. The topological polar surface area (TPSA) is 58.2 Å². The van der Waals surface area contributed by atoms with Crippen molar-refractivity contribution < 1.29 is 14.0 Å². The van der Waals surface area contributed by atoms with Crippen LogP contribution in [-0.4, -0.2) is 18.4 Å². The van der Waals surface area contributed by atoms with E-state index in [0.717, 1.165) is 16.8 Å². The minimum absolute atomic E-state index is 0.0333. The predicted octanol–water partition coefficient (Wildman–Crippen LogP) is 2.96. The van der Waals surface area contributed by atoms with Gasteiger partial charge in [-0.1, -0.05) is 30.3 Å². The first-order valence-corrected chi connectivity index (χ1v) is 8.33. The molecule has 1 aliphatic heterocycles. The van der Waals surface area contributed by atoms with Gasteiger partial charge in [-0.15, -0.1) is 0 Å². The van der Waals surface area contributed by atoms with Crippen LogP contribution in [0, 0.1) is 5.82 Å². The normalized spacial score (nSPS) is 14.8. The molecule has 0 radical (unpaired) electrons. The van der Waals surface area contributed by atoms with Crippen LogP contribution < -0.4 is 10.6 Å². The maximum absolute atomic E-state index is 13.5. The highest BCUT2D eigenvalue weighted by molar-refractivity contribution is 6.05. The number of anilines is 1. The smallest absolute Gasteiger partial charge is 0.234 e. The molecule has 25 heavy (non-hydrogen) atoms. The highest BCUT2D eigenvalue weighted by Gasteiger charge is 2.38. The third kappa shape index (κ3) is 3.55. The molecule has 4 nitrogen and oxygen atoms in total. The fraction of sp³-hybridized carbons (Fsp3) is 0.300. The summed E-state index contributed by atoms with van der Waals surface area (Å²) in [6.45, 7) is 4.12. The zero-order valence-corrected chi connectivity index (χ0v) is 14.4. The number of halogens is 1. The summed E-state index contributed by atoms with van der Waals surface area (Å²) in [7, 11) is 0. The third-order valence-corrected chi connectivity index (χ3v) is 4.61. The fourth-order valence-corrected chi connectivity index (χ4v) is 3.01. The molecule has 0 aromatic heterocycles. The van der Waals surface area contributed by atoms with Crippen LogP contribution in [0.25, 0.3) is 0 Å². The van der Waals surface area contributed by atoms with Crippen molar-refractivity contribution in [1.82, 2.24) is 5.32 Å². The van der Waals surface area contributed by atoms with E-state index in [1.54, 1.807) is 18.2 Å². The van der Waals surface area contributed by atoms with Crippen LogP contribution in [0.15, 0.2) is 42.5 Å². The molecule has 130 valence electrons. The first-order chi connectivity index (χ1) is 11.9. The average Bonchev–Trinajstić information content (AvgIpc) is 2.79. The monoisotopic (exact) mass is 340 g/mol. The lowest BCUT2D eigenvalue weighted by Crippen LogP contribution is -2.28. The standard InChI is InChI=1S/C20H21FN2O2/c1-20(2)15-11-13(7-8-17(15)23-19(20)25)12-18(24)22-10-9-14-5-3-4-6-16(14)21/h3-8,11H,9-10,12H2,1-2H3,(H,22,24)(H,23,25). The highest BCUT2D eigenvalue weighted by Crippen LogP contribution is 2.37. The Morgan fingerprint density at radius 1 is 1.20 bits per heavy atom. The number of hydrogen-bond donors (Lipinski definition) is 2. The van der Waals surface area contributed by atoms with Gasteiger partial charge in [0.15, 0.2) is 0 Å². The average molecular weight is 340 g/mol. The SMILES string of the molecule is CC1(C)C(=O)Nc2ccc(CC(=O)NCCc3ccccc3F)cc21. The number of amides is 2. The van der Waals surface area contributed by atoms with Crippen LogP contribution in [-0.2, 0) is 27.8 Å². The zero-order chi connectivity index (χ0) is 18.0. The minimum atomic E-state index is -0.591. The van der Waals surface area contributed by atoms with E-state index in [0.29, 0.717) is 18.5 Å². The minimum Gasteiger partial charge on any atom is -0.355 e. The summed E-state index contributed by atoms with van der Waals surface area (Å²) >= 11 is 0. The molecule has 5 heteroatoms. The summed E-state index contributed by atoms with van der Waals surface area (Å²) < 4.78 is 13.5. The van der Waals surface area contributed by atoms with E-state index in [2.05, 4.69) is 10.6 Å². The van der Waals surface area contributed by atoms with Crippen molar-refractivity contribution in [3.63, 3.8) is 0 Å². The molecule has 3 rings (SSSR count). The van der Waals surface area contributed by atoms with Crippen LogP contribution >= 0.6 is 0 Å². The Labute approximate surface area is 146 Å². The van der Waals surface area contributed by atoms with Gasteiger partial charge in [-0.25, -0.2) is 4.39 Å². The summed E-state index contributed by atoms with van der Waals surface area (Å²) in [5, 5.41) is 5.67. The van der Waals surface area contributed by atoms with Crippen LogP contribution in [0.5, 0.6) is 0 Å². The van der Waals surface area contributed by atoms with Crippen molar-refractivity contribution in [3.05, 3.63) is 65.0 Å². The van der Waals surface area contributed by atoms with Gasteiger partial charge in [-0.2, -0.15) is 0 Å². The second-order valence-electron chi connectivity index (χ2n) is 6.83. The quantitative estimate of drug-likeness (QED) is 0.879. The van der Waals surface area contributed by atoms with Crippen molar-refractivity contribution >= 4 is 17.5 Å². The van der Waals surface area contributed by atoms with E-state index in [1.807, 2.05) is 32.0 Å². The third-order valence-electron chi connectivity index (χ3n) is 4.61. The molecular weight excluding hydrogens is 319 g/mol. The summed E-state index contributed by atoms with van der Waals surface area (Å²) in [6, 6.07) is 12.1. The molecule has 0 aliphatic carbocycles. The predicted molar refractivity (Wildman–Crippen MR) is 94.9 cm³/mol. The molecule has 0 saturated carbocycles. The number of carbonyl (C=O) groups excluding carboxylic acids is 2. The van der Waals surface area contributed by atoms with Crippen LogP contribution in [0.2, 0.25) is 0 Å². The maximum atomic E-state index is 13.5. The summed E-state index contributed by atoms with van der Waals surface area (Å²) in [5.74, 6) is -0.407. The van der Waals surface area contributed by atoms with Gasteiger partial charge >= 0.3 is 0 Å². The van der Waals surface area contributed by atoms with Gasteiger partial charge in [0, 0.05) is 12.2 Å². The maximum Gasteiger partial charge on any atom is 0.234 e. The molecule has 2 N–H and O–H groups in total. The Morgan fingerprint density at radius 2 is 1.96 bits per heavy atom. The first kappa shape index (κ1) is 17.1. The van der Waals surface area contributed by atoms with Crippen LogP contribution in [0.1, 0.15) is 30.5 Å². The molecule has 0 atom stereocenters. The largest absolute Gasteiger partial charge is 0.355 e. The van der Waals surface area contributed by atoms with E-state index < -0.39 is 5.41 Å². The van der Waals surface area contributed by atoms with Crippen molar-refractivity contribution in [2.45, 2.75) is 32.1 Å². The lowest BCUT2D eigenvalue weighted by atomic mass is 9.85. The van der Waals surface area contributed by atoms with Gasteiger partial charge < -0.3 is 10.6 Å². The number of benzene rings is 2. The molecule has 0 spiro atoms. The molecule has 2 aromatic carbocycles. The van der Waals surface area contributed by atoms with Gasteiger partial charge in [0.25, 0.3) is 0 Å². The van der Waals surface area contributed by atoms with Crippen molar-refractivity contribution in [1.29, 1.82) is 0 Å². The Hall–Kier alpha value is -2.69. The molecule has 0 unspecified atom stereocenters. The van der Waals surface area contributed by atoms with Gasteiger partial charge in [0.1, 0.15) is 5.82 Å². The zero-order valence-electron chi connectivity index (χ0n) is 14.4. The number of rotatable bonds is 5. The molecule has 1 aliphatic rings. The van der Waals surface area contributed by atoms with Gasteiger partial charge in [-0.05, 0) is 49.1 Å². The van der Waals surface area contributed by atoms with Crippen molar-refractivity contribution in [2.75, 3.05) is 11.9 Å². The molecule has 0 saturated heterocycles. The van der Waals surface area contributed by atoms with Gasteiger partial charge in [0.2, 0.25) is 11.8 Å². The Morgan fingerprint density at radius 3 is 2.72 bits per heavy atom. The molecule has 1 heterocycles. The van der Waals surface area contributed by atoms with E-state index in [1.165, 1.54) is 6.07 Å². The number of hydrogen-bond acceptors (Lipinski definition) is 2. The van der Waals surface area contributed by atoms with Crippen molar-refractivity contribution in [3.8, 4) is 0 Å². The number of nitrogens with one attached hydrogen (secondary N) is 2. The lowest BCUT2D eigenvalue weighted by Gasteiger charge is -2.15. The molecular formula is C20H21FN2O2. The molecule has 2 amide bonds. The van der Waals surface area contributed by atoms with Gasteiger partial charge in [0.05, 0.1) is 11.8 Å². The Kier molecular flexibility index (Phi) is 4.57. The van der Waals surface area contributed by atoms with E-state index in [-0.39, 0.29) is 24.1 Å². The lowest BCUT2D eigenvalue weighted by molar-refractivity contribution is -0.120.